The van der Waals surface area contributed by atoms with Gasteiger partial charge in [-0.1, -0.05) is 30.0 Å². The van der Waals surface area contributed by atoms with Crippen molar-refractivity contribution in [3.05, 3.63) is 59.0 Å². The van der Waals surface area contributed by atoms with Gasteiger partial charge in [0, 0.05) is 25.5 Å². The van der Waals surface area contributed by atoms with Crippen LogP contribution in [0.5, 0.6) is 0 Å². The van der Waals surface area contributed by atoms with Crippen molar-refractivity contribution in [1.82, 2.24) is 14.5 Å². The Kier molecular flexibility index (Phi) is 5.14. The van der Waals surface area contributed by atoms with Gasteiger partial charge in [-0.3, -0.25) is 14.2 Å². The summed E-state index contributed by atoms with van der Waals surface area (Å²) in [6.45, 7) is 2.37. The molecule has 128 valence electrons. The summed E-state index contributed by atoms with van der Waals surface area (Å²) in [5.41, 5.74) is 1.10. The number of pyridine rings is 1. The van der Waals surface area contributed by atoms with E-state index in [4.69, 9.17) is 0 Å². The molecule has 0 N–H and O–H groups in total. The molecule has 2 aromatic heterocycles. The number of benzene rings is 1. The highest BCUT2D eigenvalue weighted by Crippen LogP contribution is 2.19. The van der Waals surface area contributed by atoms with Crippen LogP contribution in [0.1, 0.15) is 6.92 Å². The van der Waals surface area contributed by atoms with Crippen LogP contribution in [0.3, 0.4) is 0 Å². The smallest absolute Gasteiger partial charge is 0.263 e. The lowest BCUT2D eigenvalue weighted by Gasteiger charge is -2.17. The molecule has 7 heteroatoms. The van der Waals surface area contributed by atoms with Crippen LogP contribution in [0.25, 0.3) is 11.0 Å². The highest BCUT2D eigenvalue weighted by molar-refractivity contribution is 7.99. The first kappa shape index (κ1) is 17.2. The van der Waals surface area contributed by atoms with E-state index in [0.717, 1.165) is 5.69 Å². The Morgan fingerprint density at radius 2 is 1.96 bits per heavy atom. The largest absolute Gasteiger partial charge is 0.315 e. The molecule has 1 amide bonds. The molecule has 6 nitrogen and oxygen atoms in total. The van der Waals surface area contributed by atoms with Gasteiger partial charge in [-0.25, -0.2) is 9.97 Å². The summed E-state index contributed by atoms with van der Waals surface area (Å²) in [4.78, 5) is 35.2. The van der Waals surface area contributed by atoms with Crippen LogP contribution in [0.2, 0.25) is 0 Å². The van der Waals surface area contributed by atoms with Crippen molar-refractivity contribution in [2.45, 2.75) is 18.6 Å². The van der Waals surface area contributed by atoms with Gasteiger partial charge in [-0.05, 0) is 31.2 Å². The van der Waals surface area contributed by atoms with Gasteiger partial charge in [0.1, 0.15) is 0 Å². The number of hydrogen-bond donors (Lipinski definition) is 0. The molecule has 25 heavy (non-hydrogen) atoms. The first-order valence-electron chi connectivity index (χ1n) is 7.91. The summed E-state index contributed by atoms with van der Waals surface area (Å²) < 4.78 is 1.57. The molecule has 3 rings (SSSR count). The number of rotatable bonds is 5. The number of carbonyl (C=O) groups is 1. The first-order valence-corrected chi connectivity index (χ1v) is 8.90. The summed E-state index contributed by atoms with van der Waals surface area (Å²) >= 11 is 1.25. The Labute approximate surface area is 149 Å². The molecule has 3 aromatic rings. The Bertz CT molecular complexity index is 956. The van der Waals surface area contributed by atoms with Gasteiger partial charge in [0.05, 0.1) is 11.1 Å². The zero-order chi connectivity index (χ0) is 17.8. The molecular formula is C18H18N4O2S. The molecule has 2 heterocycles. The molecular weight excluding hydrogens is 336 g/mol. The third-order valence-corrected chi connectivity index (χ3v) is 4.81. The predicted molar refractivity (Wildman–Crippen MR) is 100 cm³/mol. The summed E-state index contributed by atoms with van der Waals surface area (Å²) in [5.74, 6) is 0.130. The van der Waals surface area contributed by atoms with Gasteiger partial charge in [-0.15, -0.1) is 0 Å². The van der Waals surface area contributed by atoms with E-state index < -0.39 is 0 Å². The number of amides is 1. The van der Waals surface area contributed by atoms with Crippen molar-refractivity contribution in [3.63, 3.8) is 0 Å². The third-order valence-electron chi connectivity index (χ3n) is 3.85. The number of aromatic nitrogens is 3. The van der Waals surface area contributed by atoms with E-state index in [1.165, 1.54) is 11.8 Å². The van der Waals surface area contributed by atoms with Gasteiger partial charge in [-0.2, -0.15) is 0 Å². The maximum absolute atomic E-state index is 12.6. The van der Waals surface area contributed by atoms with E-state index in [0.29, 0.717) is 22.7 Å². The lowest BCUT2D eigenvalue weighted by Crippen LogP contribution is -2.29. The van der Waals surface area contributed by atoms with Crippen LogP contribution >= 0.6 is 11.8 Å². The zero-order valence-electron chi connectivity index (χ0n) is 14.0. The van der Waals surface area contributed by atoms with Crippen LogP contribution in [0.4, 0.5) is 5.69 Å². The van der Waals surface area contributed by atoms with E-state index >= 15 is 0 Å². The molecule has 0 bridgehead atoms. The van der Waals surface area contributed by atoms with E-state index in [1.807, 2.05) is 37.3 Å². The normalized spacial score (nSPS) is 10.8. The van der Waals surface area contributed by atoms with Gasteiger partial charge < -0.3 is 4.90 Å². The predicted octanol–water partition coefficient (Wildman–Crippen LogP) is 2.57. The number of thioether (sulfide) groups is 1. The molecule has 1 aromatic carbocycles. The maximum atomic E-state index is 12.6. The van der Waals surface area contributed by atoms with Crippen LogP contribution in [0.15, 0.2) is 58.6 Å². The van der Waals surface area contributed by atoms with Crippen molar-refractivity contribution < 1.29 is 4.79 Å². The second-order valence-corrected chi connectivity index (χ2v) is 6.34. The summed E-state index contributed by atoms with van der Waals surface area (Å²) in [6, 6.07) is 12.9. The first-order chi connectivity index (χ1) is 12.1. The zero-order valence-corrected chi connectivity index (χ0v) is 14.9. The van der Waals surface area contributed by atoms with E-state index in [-0.39, 0.29) is 17.2 Å². The van der Waals surface area contributed by atoms with Gasteiger partial charge in [0.25, 0.3) is 5.56 Å². The summed E-state index contributed by atoms with van der Waals surface area (Å²) in [7, 11) is 1.74. The molecule has 0 fully saturated rings. The fourth-order valence-electron chi connectivity index (χ4n) is 2.44. The summed E-state index contributed by atoms with van der Waals surface area (Å²) in [6.07, 6.45) is 1.60. The topological polar surface area (TPSA) is 68.1 Å². The lowest BCUT2D eigenvalue weighted by atomic mass is 10.3. The average Bonchev–Trinajstić information content (AvgIpc) is 2.66. The minimum atomic E-state index is -0.132. The highest BCUT2D eigenvalue weighted by Gasteiger charge is 2.15. The van der Waals surface area contributed by atoms with Gasteiger partial charge in [0.15, 0.2) is 10.8 Å². The van der Waals surface area contributed by atoms with E-state index in [2.05, 4.69) is 9.97 Å². The molecule has 0 aliphatic rings. The number of para-hydroxylation sites is 1. The monoisotopic (exact) mass is 354 g/mol. The Morgan fingerprint density at radius 1 is 1.20 bits per heavy atom. The fraction of sp³-hybridized carbons (Fsp3) is 0.222. The number of anilines is 1. The number of nitrogens with zero attached hydrogens (tertiary/aromatic N) is 4. The second-order valence-electron chi connectivity index (χ2n) is 5.40. The molecule has 0 unspecified atom stereocenters. The third kappa shape index (κ3) is 3.56. The molecule has 0 saturated heterocycles. The fourth-order valence-corrected chi connectivity index (χ4v) is 3.41. The molecule has 0 atom stereocenters. The van der Waals surface area contributed by atoms with E-state index in [9.17, 15) is 9.59 Å². The van der Waals surface area contributed by atoms with Gasteiger partial charge in [0.2, 0.25) is 5.91 Å². The van der Waals surface area contributed by atoms with Crippen LogP contribution in [-0.4, -0.2) is 33.2 Å². The van der Waals surface area contributed by atoms with Crippen molar-refractivity contribution >= 4 is 34.4 Å². The Morgan fingerprint density at radius 3 is 2.68 bits per heavy atom. The lowest BCUT2D eigenvalue weighted by molar-refractivity contribution is -0.115. The van der Waals surface area contributed by atoms with Crippen LogP contribution < -0.4 is 10.5 Å². The number of fused-ring (bicyclic) bond motifs is 1. The van der Waals surface area contributed by atoms with Gasteiger partial charge >= 0.3 is 0 Å². The van der Waals surface area contributed by atoms with E-state index in [1.54, 1.807) is 34.8 Å². The molecule has 0 aliphatic carbocycles. The average molecular weight is 354 g/mol. The van der Waals surface area contributed by atoms with Crippen LogP contribution in [0, 0.1) is 0 Å². The number of hydrogen-bond acceptors (Lipinski definition) is 5. The minimum Gasteiger partial charge on any atom is -0.315 e. The highest BCUT2D eigenvalue weighted by atomic mass is 32.2. The SMILES string of the molecule is CCn1c(SCC(=O)N(C)c2ccccc2)nc2ncccc2c1=O. The molecule has 0 spiro atoms. The standard InChI is InChI=1S/C18H18N4O2S/c1-3-22-17(24)14-10-7-11-19-16(14)20-18(22)25-12-15(23)21(2)13-8-5-4-6-9-13/h4-11H,3,12H2,1-2H3. The molecule has 0 aliphatic heterocycles. The number of carbonyl (C=O) groups excluding carboxylic acids is 1. The van der Waals surface area contributed by atoms with Crippen LogP contribution in [-0.2, 0) is 11.3 Å². The van der Waals surface area contributed by atoms with Crippen molar-refractivity contribution in [1.29, 1.82) is 0 Å². The van der Waals surface area contributed by atoms with Crippen molar-refractivity contribution in [2.24, 2.45) is 0 Å². The Balaban J connectivity index is 1.83. The van der Waals surface area contributed by atoms with Crippen molar-refractivity contribution in [3.8, 4) is 0 Å². The molecule has 0 saturated carbocycles. The Hall–Kier alpha value is -2.67. The quantitative estimate of drug-likeness (QED) is 0.520. The molecule has 0 radical (unpaired) electrons. The van der Waals surface area contributed by atoms with Crippen molar-refractivity contribution in [2.75, 3.05) is 17.7 Å². The second kappa shape index (κ2) is 7.48. The minimum absolute atomic E-state index is 0.0609. The summed E-state index contributed by atoms with van der Waals surface area (Å²) in [5, 5.41) is 0.995. The maximum Gasteiger partial charge on any atom is 0.263 e.